The molecule has 2 heterocycles. The topological polar surface area (TPSA) is 76.3 Å². The Morgan fingerprint density at radius 2 is 2.04 bits per heavy atom. The molecule has 2 aliphatic rings. The Labute approximate surface area is 158 Å². The van der Waals surface area contributed by atoms with Gasteiger partial charge in [-0.1, -0.05) is 28.1 Å². The molecule has 1 aromatic carbocycles. The Balaban J connectivity index is 1.70. The molecule has 0 bridgehead atoms. The maximum atomic E-state index is 13.2. The number of hydrogen-bond donors (Lipinski definition) is 1. The lowest BCUT2D eigenvalue weighted by molar-refractivity contribution is -0.123. The average molecular weight is 419 g/mol. The lowest BCUT2D eigenvalue weighted by Crippen LogP contribution is -2.37. The summed E-state index contributed by atoms with van der Waals surface area (Å²) >= 11 is 4.92. The Morgan fingerprint density at radius 1 is 1.36 bits per heavy atom. The molecule has 1 saturated heterocycles. The molecule has 2 aromatic rings. The van der Waals surface area contributed by atoms with Gasteiger partial charge in [0.2, 0.25) is 5.91 Å². The van der Waals surface area contributed by atoms with Crippen LogP contribution < -0.4 is 5.73 Å². The second-order valence-corrected chi connectivity index (χ2v) is 8.85. The molecule has 1 aliphatic heterocycles. The fraction of sp³-hybridized carbons (Fsp3) is 0.333. The number of hydrogen-bond acceptors (Lipinski definition) is 4. The third-order valence-corrected chi connectivity index (χ3v) is 6.68. The quantitative estimate of drug-likeness (QED) is 0.831. The minimum atomic E-state index is -0.578. The van der Waals surface area contributed by atoms with Crippen molar-refractivity contribution in [2.24, 2.45) is 11.1 Å². The molecule has 5 nitrogen and oxygen atoms in total. The summed E-state index contributed by atoms with van der Waals surface area (Å²) in [5.74, 6) is -0.489. The van der Waals surface area contributed by atoms with Gasteiger partial charge < -0.3 is 10.6 Å². The van der Waals surface area contributed by atoms with Crippen molar-refractivity contribution < 1.29 is 9.59 Å². The van der Waals surface area contributed by atoms with Crippen LogP contribution >= 0.6 is 27.3 Å². The minimum absolute atomic E-state index is 0.139. The third kappa shape index (κ3) is 2.52. The fourth-order valence-corrected chi connectivity index (χ4v) is 4.99. The zero-order valence-electron chi connectivity index (χ0n) is 13.7. The lowest BCUT2D eigenvalue weighted by atomic mass is 10.00. The maximum Gasteiger partial charge on any atom is 0.274 e. The number of aromatic nitrogens is 1. The molecule has 2 amide bonds. The van der Waals surface area contributed by atoms with Crippen molar-refractivity contribution in [1.82, 2.24) is 9.88 Å². The number of benzene rings is 1. The molecule has 1 radical (unpaired) electrons. The smallest absolute Gasteiger partial charge is 0.274 e. The molecular formula is C18H17BrN3O2S. The van der Waals surface area contributed by atoms with Crippen LogP contribution in [-0.2, 0) is 4.79 Å². The van der Waals surface area contributed by atoms with Crippen LogP contribution in [0.5, 0.6) is 0 Å². The Morgan fingerprint density at radius 3 is 2.64 bits per heavy atom. The normalized spacial score (nSPS) is 27.2. The van der Waals surface area contributed by atoms with Gasteiger partial charge in [0, 0.05) is 16.6 Å². The van der Waals surface area contributed by atoms with Gasteiger partial charge in [-0.15, -0.1) is 11.3 Å². The Hall–Kier alpha value is -1.73. The van der Waals surface area contributed by atoms with Gasteiger partial charge in [0.05, 0.1) is 15.3 Å². The zero-order valence-corrected chi connectivity index (χ0v) is 16.1. The first-order valence-corrected chi connectivity index (χ1v) is 9.63. The first-order chi connectivity index (χ1) is 11.8. The Kier molecular flexibility index (Phi) is 3.77. The summed E-state index contributed by atoms with van der Waals surface area (Å²) in [6, 6.07) is 7.42. The summed E-state index contributed by atoms with van der Waals surface area (Å²) in [7, 11) is 0. The highest BCUT2D eigenvalue weighted by Crippen LogP contribution is 2.59. The van der Waals surface area contributed by atoms with E-state index in [1.54, 1.807) is 4.90 Å². The summed E-state index contributed by atoms with van der Waals surface area (Å²) in [6.45, 7) is 5.95. The first-order valence-electron chi connectivity index (χ1n) is 8.02. The van der Waals surface area contributed by atoms with Gasteiger partial charge >= 0.3 is 0 Å². The fourth-order valence-electron chi connectivity index (χ4n) is 3.81. The molecule has 1 aromatic heterocycles. The van der Waals surface area contributed by atoms with Crippen molar-refractivity contribution in [1.29, 1.82) is 0 Å². The summed E-state index contributed by atoms with van der Waals surface area (Å²) in [5.41, 5.74) is 6.36. The number of nitrogens with zero attached hydrogens (tertiary/aromatic N) is 2. The van der Waals surface area contributed by atoms with Gasteiger partial charge in [-0.05, 0) is 44.4 Å². The van der Waals surface area contributed by atoms with Gasteiger partial charge in [0.25, 0.3) is 5.91 Å². The van der Waals surface area contributed by atoms with Crippen LogP contribution in [0.15, 0.2) is 28.7 Å². The van der Waals surface area contributed by atoms with E-state index in [0.717, 1.165) is 19.9 Å². The van der Waals surface area contributed by atoms with E-state index in [0.29, 0.717) is 18.5 Å². The molecule has 3 atom stereocenters. The number of amides is 2. The second-order valence-electron chi connectivity index (χ2n) is 6.73. The number of likely N-dealkylation sites (tertiary alicyclic amines) is 1. The van der Waals surface area contributed by atoms with Crippen LogP contribution in [0.25, 0.3) is 10.4 Å². The summed E-state index contributed by atoms with van der Waals surface area (Å²) in [5, 5.41) is 0.832. The molecule has 7 heteroatoms. The zero-order chi connectivity index (χ0) is 17.9. The summed E-state index contributed by atoms with van der Waals surface area (Å²) in [6.07, 6.45) is 1.17. The standard InChI is InChI=1S/C18H17BrN3O2S/c1-9-7-18(17(20)24)8-13(18)22(9)16(23)14-15(25-10(2)21-14)11-3-5-12(19)6-4-11/h3-6,9,13H,1,7-8H2,2H3,(H2,20,24)/t9-,13-,18+/m0/s1. The first kappa shape index (κ1) is 16.7. The molecule has 1 saturated carbocycles. The Bertz CT molecular complexity index is 879. The highest BCUT2D eigenvalue weighted by atomic mass is 79.9. The van der Waals surface area contributed by atoms with E-state index in [2.05, 4.69) is 27.8 Å². The molecule has 129 valence electrons. The van der Waals surface area contributed by atoms with Gasteiger partial charge in [0.1, 0.15) is 5.69 Å². The number of piperidine rings is 1. The van der Waals surface area contributed by atoms with Crippen LogP contribution in [0, 0.1) is 19.3 Å². The van der Waals surface area contributed by atoms with Crippen LogP contribution in [-0.4, -0.2) is 33.8 Å². The third-order valence-electron chi connectivity index (χ3n) is 5.13. The van der Waals surface area contributed by atoms with E-state index in [9.17, 15) is 9.59 Å². The number of aryl methyl sites for hydroxylation is 1. The number of carbonyl (C=O) groups excluding carboxylic acids is 2. The van der Waals surface area contributed by atoms with Gasteiger partial charge in [-0.25, -0.2) is 4.98 Å². The van der Waals surface area contributed by atoms with Crippen molar-refractivity contribution in [2.45, 2.75) is 31.8 Å². The molecule has 0 unspecified atom stereocenters. The van der Waals surface area contributed by atoms with E-state index < -0.39 is 5.41 Å². The van der Waals surface area contributed by atoms with E-state index in [4.69, 9.17) is 5.73 Å². The summed E-state index contributed by atoms with van der Waals surface area (Å²) in [4.78, 5) is 32.0. The number of thiazole rings is 1. The van der Waals surface area contributed by atoms with Crippen molar-refractivity contribution in [3.05, 3.63) is 46.4 Å². The SMILES string of the molecule is [CH2][C@H]1C[C@@]2(C(N)=O)C[C@@H]2N1C(=O)c1nc(C)sc1-c1ccc(Br)cc1. The molecule has 1 aliphatic carbocycles. The van der Waals surface area contributed by atoms with E-state index in [-0.39, 0.29) is 23.9 Å². The largest absolute Gasteiger partial charge is 0.369 e. The molecule has 4 rings (SSSR count). The number of fused-ring (bicyclic) bond motifs is 1. The van der Waals surface area contributed by atoms with Crippen LogP contribution in [0.2, 0.25) is 0 Å². The average Bonchev–Trinajstić information content (AvgIpc) is 3.00. The summed E-state index contributed by atoms with van der Waals surface area (Å²) < 4.78 is 0.979. The van der Waals surface area contributed by atoms with Crippen LogP contribution in [0.1, 0.15) is 28.3 Å². The van der Waals surface area contributed by atoms with Crippen LogP contribution in [0.3, 0.4) is 0 Å². The molecule has 2 fully saturated rings. The predicted molar refractivity (Wildman–Crippen MR) is 100.0 cm³/mol. The van der Waals surface area contributed by atoms with E-state index >= 15 is 0 Å². The number of halogens is 1. The van der Waals surface area contributed by atoms with Crippen LogP contribution in [0.4, 0.5) is 0 Å². The number of rotatable bonds is 3. The van der Waals surface area contributed by atoms with Crippen molar-refractivity contribution in [3.8, 4) is 10.4 Å². The number of carbonyl (C=O) groups is 2. The maximum absolute atomic E-state index is 13.2. The number of primary amides is 1. The second kappa shape index (κ2) is 5.64. The van der Waals surface area contributed by atoms with Gasteiger partial charge in [0.15, 0.2) is 0 Å². The van der Waals surface area contributed by atoms with Crippen molar-refractivity contribution in [2.75, 3.05) is 0 Å². The molecule has 25 heavy (non-hydrogen) atoms. The number of nitrogens with two attached hydrogens (primary N) is 1. The molecule has 0 spiro atoms. The monoisotopic (exact) mass is 418 g/mol. The highest BCUT2D eigenvalue weighted by molar-refractivity contribution is 9.10. The van der Waals surface area contributed by atoms with Gasteiger partial charge in [-0.3, -0.25) is 9.59 Å². The van der Waals surface area contributed by atoms with E-state index in [1.807, 2.05) is 31.2 Å². The van der Waals surface area contributed by atoms with E-state index in [1.165, 1.54) is 11.3 Å². The van der Waals surface area contributed by atoms with Crippen molar-refractivity contribution in [3.63, 3.8) is 0 Å². The van der Waals surface area contributed by atoms with Crippen molar-refractivity contribution >= 4 is 39.1 Å². The highest BCUT2D eigenvalue weighted by Gasteiger charge is 2.68. The lowest BCUT2D eigenvalue weighted by Gasteiger charge is -2.23. The minimum Gasteiger partial charge on any atom is -0.369 e. The molecular weight excluding hydrogens is 402 g/mol. The predicted octanol–water partition coefficient (Wildman–Crippen LogP) is 3.17. The van der Waals surface area contributed by atoms with Gasteiger partial charge in [-0.2, -0.15) is 0 Å². The molecule has 2 N–H and O–H groups in total.